The van der Waals surface area contributed by atoms with E-state index in [1.807, 2.05) is 30.0 Å². The summed E-state index contributed by atoms with van der Waals surface area (Å²) in [5, 5.41) is 10.5. The lowest BCUT2D eigenvalue weighted by molar-refractivity contribution is 0.150. The van der Waals surface area contributed by atoms with Gasteiger partial charge in [0.1, 0.15) is 0 Å². The summed E-state index contributed by atoms with van der Waals surface area (Å²) in [6.07, 6.45) is 0.704. The van der Waals surface area contributed by atoms with Crippen LogP contribution in [0.15, 0.2) is 22.7 Å². The van der Waals surface area contributed by atoms with Gasteiger partial charge in [0.25, 0.3) is 0 Å². The van der Waals surface area contributed by atoms with Crippen molar-refractivity contribution in [3.63, 3.8) is 0 Å². The Morgan fingerprint density at radius 3 is 2.87 bits per heavy atom. The molecule has 2 atom stereocenters. The maximum absolute atomic E-state index is 9.72. The lowest BCUT2D eigenvalue weighted by Gasteiger charge is -2.14. The lowest BCUT2D eigenvalue weighted by atomic mass is 9.97. The molecule has 1 nitrogen and oxygen atoms in total. The molecule has 0 saturated carbocycles. The van der Waals surface area contributed by atoms with E-state index in [9.17, 15) is 5.11 Å². The molecule has 2 unspecified atom stereocenters. The predicted molar refractivity (Wildman–Crippen MR) is 69.7 cm³/mol. The van der Waals surface area contributed by atoms with Crippen molar-refractivity contribution in [3.05, 3.63) is 33.3 Å². The topological polar surface area (TPSA) is 20.2 Å². The first-order valence-corrected chi connectivity index (χ1v) is 7.19. The second-order valence-corrected chi connectivity index (χ2v) is 6.20. The third kappa shape index (κ3) is 2.90. The van der Waals surface area contributed by atoms with Crippen LogP contribution in [-0.2, 0) is 6.42 Å². The molecule has 82 valence electrons. The smallest absolute Gasteiger partial charge is 0.0669 e. The van der Waals surface area contributed by atoms with Crippen molar-refractivity contribution in [2.75, 3.05) is 11.5 Å². The quantitative estimate of drug-likeness (QED) is 0.904. The molecule has 1 saturated heterocycles. The number of aliphatic hydroxyl groups excluding tert-OH is 1. The summed E-state index contributed by atoms with van der Waals surface area (Å²) in [4.78, 5) is 0. The van der Waals surface area contributed by atoms with Crippen LogP contribution in [0.2, 0.25) is 5.02 Å². The summed E-state index contributed by atoms with van der Waals surface area (Å²) in [5.74, 6) is 2.25. The molecule has 1 aliphatic rings. The Hall–Kier alpha value is 0.300. The van der Waals surface area contributed by atoms with Gasteiger partial charge in [-0.15, -0.1) is 0 Å². The van der Waals surface area contributed by atoms with E-state index >= 15 is 0 Å². The zero-order valence-electron chi connectivity index (χ0n) is 8.12. The molecule has 15 heavy (non-hydrogen) atoms. The van der Waals surface area contributed by atoms with Gasteiger partial charge in [-0.05, 0) is 35.8 Å². The fourth-order valence-electron chi connectivity index (χ4n) is 1.75. The van der Waals surface area contributed by atoms with Crippen LogP contribution in [0.1, 0.15) is 5.56 Å². The zero-order valence-corrected chi connectivity index (χ0v) is 11.3. The maximum Gasteiger partial charge on any atom is 0.0669 e. The summed E-state index contributed by atoms with van der Waals surface area (Å²) in [6.45, 7) is 0. The first-order valence-electron chi connectivity index (χ1n) is 4.86. The zero-order chi connectivity index (χ0) is 10.8. The highest BCUT2D eigenvalue weighted by molar-refractivity contribution is 9.10. The Labute approximate surface area is 107 Å². The standard InChI is InChI=1S/C11H12BrClOS/c12-9-2-1-7(10(13)4-9)3-8-5-15-6-11(8)14/h1-2,4,8,11,14H,3,5-6H2. The Morgan fingerprint density at radius 2 is 2.27 bits per heavy atom. The molecule has 1 aliphatic heterocycles. The third-order valence-corrected chi connectivity index (χ3v) is 4.75. The molecule has 0 bridgehead atoms. The van der Waals surface area contributed by atoms with Crippen LogP contribution in [0.25, 0.3) is 0 Å². The molecule has 1 aromatic carbocycles. The average molecular weight is 308 g/mol. The highest BCUT2D eigenvalue weighted by Crippen LogP contribution is 2.30. The number of benzene rings is 1. The summed E-state index contributed by atoms with van der Waals surface area (Å²) in [6, 6.07) is 5.93. The monoisotopic (exact) mass is 306 g/mol. The van der Waals surface area contributed by atoms with Crippen LogP contribution in [0.3, 0.4) is 0 Å². The second kappa shape index (κ2) is 5.09. The second-order valence-electron chi connectivity index (χ2n) is 3.80. The van der Waals surface area contributed by atoms with E-state index < -0.39 is 0 Å². The largest absolute Gasteiger partial charge is 0.392 e. The molecule has 4 heteroatoms. The molecule has 0 spiro atoms. The van der Waals surface area contributed by atoms with Crippen molar-refractivity contribution >= 4 is 39.3 Å². The van der Waals surface area contributed by atoms with Crippen molar-refractivity contribution in [2.24, 2.45) is 5.92 Å². The van der Waals surface area contributed by atoms with E-state index in [4.69, 9.17) is 11.6 Å². The molecule has 0 aromatic heterocycles. The third-order valence-electron chi connectivity index (χ3n) is 2.66. The maximum atomic E-state index is 9.72. The van der Waals surface area contributed by atoms with Gasteiger partial charge in [-0.3, -0.25) is 0 Å². The first-order chi connectivity index (χ1) is 7.16. The van der Waals surface area contributed by atoms with Crippen LogP contribution in [0, 0.1) is 5.92 Å². The van der Waals surface area contributed by atoms with E-state index in [-0.39, 0.29) is 6.10 Å². The predicted octanol–water partition coefficient (Wildman–Crippen LogP) is 3.37. The lowest BCUT2D eigenvalue weighted by Crippen LogP contribution is -2.20. The number of hydrogen-bond acceptors (Lipinski definition) is 2. The molecule has 1 aromatic rings. The molecule has 1 fully saturated rings. The van der Waals surface area contributed by atoms with E-state index in [1.165, 1.54) is 0 Å². The normalized spacial score (nSPS) is 25.8. The number of thioether (sulfide) groups is 1. The highest BCUT2D eigenvalue weighted by Gasteiger charge is 2.26. The molecule has 0 amide bonds. The van der Waals surface area contributed by atoms with Crippen LogP contribution in [0.4, 0.5) is 0 Å². The van der Waals surface area contributed by atoms with Crippen LogP contribution in [-0.4, -0.2) is 22.7 Å². The SMILES string of the molecule is OC1CSCC1Cc1ccc(Br)cc1Cl. The Morgan fingerprint density at radius 1 is 1.47 bits per heavy atom. The van der Waals surface area contributed by atoms with Gasteiger partial charge in [0.15, 0.2) is 0 Å². The minimum absolute atomic E-state index is 0.172. The van der Waals surface area contributed by atoms with Gasteiger partial charge in [0, 0.05) is 15.2 Å². The summed E-state index contributed by atoms with van der Waals surface area (Å²) < 4.78 is 0.998. The Kier molecular flexibility index (Phi) is 3.99. The van der Waals surface area contributed by atoms with Crippen LogP contribution in [0.5, 0.6) is 0 Å². The minimum Gasteiger partial charge on any atom is -0.392 e. The van der Waals surface area contributed by atoms with E-state index in [0.29, 0.717) is 5.92 Å². The molecule has 2 rings (SSSR count). The van der Waals surface area contributed by atoms with Crippen LogP contribution < -0.4 is 0 Å². The fraction of sp³-hybridized carbons (Fsp3) is 0.455. The molecule has 1 heterocycles. The van der Waals surface area contributed by atoms with Gasteiger partial charge >= 0.3 is 0 Å². The number of halogens is 2. The van der Waals surface area contributed by atoms with Gasteiger partial charge in [0.2, 0.25) is 0 Å². The summed E-state index contributed by atoms with van der Waals surface area (Å²) in [5.41, 5.74) is 1.13. The van der Waals surface area contributed by atoms with Gasteiger partial charge in [-0.1, -0.05) is 33.6 Å². The van der Waals surface area contributed by atoms with Gasteiger partial charge in [-0.2, -0.15) is 11.8 Å². The Bertz CT molecular complexity index is 358. The van der Waals surface area contributed by atoms with Crippen molar-refractivity contribution in [1.82, 2.24) is 0 Å². The van der Waals surface area contributed by atoms with Gasteiger partial charge < -0.3 is 5.11 Å². The molecule has 1 N–H and O–H groups in total. The van der Waals surface area contributed by atoms with Gasteiger partial charge in [-0.25, -0.2) is 0 Å². The average Bonchev–Trinajstić information content (AvgIpc) is 2.57. The minimum atomic E-state index is -0.172. The Balaban J connectivity index is 2.10. The van der Waals surface area contributed by atoms with E-state index in [1.54, 1.807) is 0 Å². The van der Waals surface area contributed by atoms with E-state index in [2.05, 4.69) is 15.9 Å². The van der Waals surface area contributed by atoms with E-state index in [0.717, 1.165) is 33.0 Å². The van der Waals surface area contributed by atoms with Crippen LogP contribution >= 0.6 is 39.3 Å². The first kappa shape index (κ1) is 11.8. The summed E-state index contributed by atoms with van der Waals surface area (Å²) >= 11 is 11.3. The number of hydrogen-bond donors (Lipinski definition) is 1. The molecular weight excluding hydrogens is 296 g/mol. The van der Waals surface area contributed by atoms with Crippen molar-refractivity contribution in [1.29, 1.82) is 0 Å². The molecular formula is C11H12BrClOS. The van der Waals surface area contributed by atoms with Crippen molar-refractivity contribution < 1.29 is 5.11 Å². The van der Waals surface area contributed by atoms with Crippen molar-refractivity contribution in [2.45, 2.75) is 12.5 Å². The molecule has 0 aliphatic carbocycles. The fourth-order valence-corrected chi connectivity index (χ4v) is 3.80. The van der Waals surface area contributed by atoms with Crippen molar-refractivity contribution in [3.8, 4) is 0 Å². The number of aliphatic hydroxyl groups is 1. The summed E-state index contributed by atoms with van der Waals surface area (Å²) in [7, 11) is 0. The van der Waals surface area contributed by atoms with Gasteiger partial charge in [0.05, 0.1) is 6.10 Å². The number of rotatable bonds is 2. The highest BCUT2D eigenvalue weighted by atomic mass is 79.9. The molecule has 0 radical (unpaired) electrons.